The fourth-order valence-electron chi connectivity index (χ4n) is 1.22. The van der Waals surface area contributed by atoms with E-state index < -0.39 is 24.5 Å². The van der Waals surface area contributed by atoms with Crippen molar-refractivity contribution < 1.29 is 26.3 Å². The molecular weight excluding hydrogens is 224 g/mol. The van der Waals surface area contributed by atoms with Crippen molar-refractivity contribution in [1.29, 1.82) is 0 Å². The largest absolute Gasteiger partial charge is 0.418 e. The molecular formula is C8H7F6N. The van der Waals surface area contributed by atoms with E-state index in [-0.39, 0.29) is 5.56 Å². The Hall–Kier alpha value is -1.14. The van der Waals surface area contributed by atoms with E-state index in [9.17, 15) is 26.3 Å². The van der Waals surface area contributed by atoms with E-state index >= 15 is 0 Å². The van der Waals surface area contributed by atoms with E-state index in [0.29, 0.717) is 10.8 Å². The van der Waals surface area contributed by atoms with E-state index in [0.717, 1.165) is 13.1 Å². The second-order valence-electron chi connectivity index (χ2n) is 3.14. The first-order valence-corrected chi connectivity index (χ1v) is 3.90. The van der Waals surface area contributed by atoms with Gasteiger partial charge in [-0.25, -0.2) is 0 Å². The molecule has 0 aliphatic carbocycles. The lowest BCUT2D eigenvalue weighted by molar-refractivity contribution is -0.143. The number of halogens is 6. The summed E-state index contributed by atoms with van der Waals surface area (Å²) in [5.41, 5.74) is -1.25. The molecule has 7 heteroatoms. The summed E-state index contributed by atoms with van der Waals surface area (Å²) in [7, 11) is 0. The second kappa shape index (κ2) is 3.46. The van der Waals surface area contributed by atoms with Crippen molar-refractivity contribution in [1.82, 2.24) is 4.57 Å². The minimum Gasteiger partial charge on any atom is -0.344 e. The molecule has 0 fully saturated rings. The minimum absolute atomic E-state index is 0.216. The van der Waals surface area contributed by atoms with Gasteiger partial charge in [-0.05, 0) is 12.5 Å². The van der Waals surface area contributed by atoms with Crippen molar-refractivity contribution in [2.45, 2.75) is 25.8 Å². The molecule has 1 aromatic heterocycles. The predicted octanol–water partition coefficient (Wildman–Crippen LogP) is 3.38. The van der Waals surface area contributed by atoms with Gasteiger partial charge in [0.15, 0.2) is 0 Å². The monoisotopic (exact) mass is 231 g/mol. The summed E-state index contributed by atoms with van der Waals surface area (Å²) in [6.07, 6.45) is -7.84. The summed E-state index contributed by atoms with van der Waals surface area (Å²) in [5.74, 6) is 0. The Balaban J connectivity index is 2.97. The van der Waals surface area contributed by atoms with Crippen molar-refractivity contribution in [3.8, 4) is 0 Å². The summed E-state index contributed by atoms with van der Waals surface area (Å²) in [6, 6.07) is 0. The zero-order chi connectivity index (χ0) is 11.9. The third kappa shape index (κ3) is 3.17. The lowest BCUT2D eigenvalue weighted by atomic mass is 10.2. The number of hydrogen-bond acceptors (Lipinski definition) is 0. The highest BCUT2D eigenvalue weighted by molar-refractivity contribution is 5.25. The molecule has 0 aliphatic heterocycles. The Morgan fingerprint density at radius 3 is 1.93 bits per heavy atom. The molecule has 0 spiro atoms. The van der Waals surface area contributed by atoms with Gasteiger partial charge in [-0.3, -0.25) is 0 Å². The van der Waals surface area contributed by atoms with Crippen LogP contribution in [0.1, 0.15) is 11.1 Å². The standard InChI is InChI=1S/C8H7F6N/c1-5-2-15(4-7(9,10)11)3-6(5)8(12,13)14/h2-3H,4H2,1H3. The normalized spacial score (nSPS) is 13.3. The maximum Gasteiger partial charge on any atom is 0.418 e. The van der Waals surface area contributed by atoms with Crippen LogP contribution in [0.4, 0.5) is 26.3 Å². The Labute approximate surface area is 81.3 Å². The molecule has 0 amide bonds. The van der Waals surface area contributed by atoms with Crippen LogP contribution in [0.5, 0.6) is 0 Å². The van der Waals surface area contributed by atoms with Gasteiger partial charge in [-0.2, -0.15) is 26.3 Å². The minimum atomic E-state index is -4.61. The van der Waals surface area contributed by atoms with Crippen LogP contribution in [-0.4, -0.2) is 10.7 Å². The maximum atomic E-state index is 12.2. The molecule has 1 nitrogen and oxygen atoms in total. The molecule has 0 unspecified atom stereocenters. The van der Waals surface area contributed by atoms with E-state index in [4.69, 9.17) is 0 Å². The van der Waals surface area contributed by atoms with E-state index in [1.807, 2.05) is 0 Å². The topological polar surface area (TPSA) is 4.93 Å². The van der Waals surface area contributed by atoms with Crippen molar-refractivity contribution in [2.24, 2.45) is 0 Å². The lowest BCUT2D eigenvalue weighted by Gasteiger charge is -2.07. The molecule has 15 heavy (non-hydrogen) atoms. The van der Waals surface area contributed by atoms with Gasteiger partial charge >= 0.3 is 12.4 Å². The smallest absolute Gasteiger partial charge is 0.344 e. The van der Waals surface area contributed by atoms with Gasteiger partial charge in [0.2, 0.25) is 0 Å². The van der Waals surface area contributed by atoms with Gasteiger partial charge in [0.25, 0.3) is 0 Å². The van der Waals surface area contributed by atoms with Crippen LogP contribution < -0.4 is 0 Å². The first kappa shape index (κ1) is 11.9. The third-order valence-corrected chi connectivity index (χ3v) is 1.75. The molecule has 0 N–H and O–H groups in total. The molecule has 0 radical (unpaired) electrons. The quantitative estimate of drug-likeness (QED) is 0.653. The van der Waals surface area contributed by atoms with Crippen molar-refractivity contribution in [2.75, 3.05) is 0 Å². The summed E-state index contributed by atoms with van der Waals surface area (Å²) in [4.78, 5) is 0. The van der Waals surface area contributed by atoms with Crippen molar-refractivity contribution >= 4 is 0 Å². The van der Waals surface area contributed by atoms with E-state index in [2.05, 4.69) is 0 Å². The molecule has 0 aromatic carbocycles. The van der Waals surface area contributed by atoms with Crippen LogP contribution in [0.2, 0.25) is 0 Å². The van der Waals surface area contributed by atoms with Crippen LogP contribution in [0, 0.1) is 6.92 Å². The first-order chi connectivity index (χ1) is 6.59. The Morgan fingerprint density at radius 2 is 1.60 bits per heavy atom. The summed E-state index contributed by atoms with van der Waals surface area (Å²) in [6.45, 7) is -0.292. The number of aryl methyl sites for hydroxylation is 1. The zero-order valence-corrected chi connectivity index (χ0v) is 7.58. The average molecular weight is 231 g/mol. The molecule has 0 saturated carbocycles. The molecule has 1 rings (SSSR count). The molecule has 0 atom stereocenters. The van der Waals surface area contributed by atoms with Gasteiger partial charge in [0, 0.05) is 12.4 Å². The molecule has 0 saturated heterocycles. The summed E-state index contributed by atoms with van der Waals surface area (Å²) < 4.78 is 72.7. The van der Waals surface area contributed by atoms with E-state index in [1.54, 1.807) is 0 Å². The Morgan fingerprint density at radius 1 is 1.07 bits per heavy atom. The number of aromatic nitrogens is 1. The van der Waals surface area contributed by atoms with Gasteiger partial charge in [-0.1, -0.05) is 0 Å². The zero-order valence-electron chi connectivity index (χ0n) is 7.58. The van der Waals surface area contributed by atoms with Gasteiger partial charge in [-0.15, -0.1) is 0 Å². The molecule has 0 bridgehead atoms. The number of nitrogens with zero attached hydrogens (tertiary/aromatic N) is 1. The highest BCUT2D eigenvalue weighted by Gasteiger charge is 2.35. The van der Waals surface area contributed by atoms with Crippen LogP contribution in [0.15, 0.2) is 12.4 Å². The van der Waals surface area contributed by atoms with Crippen LogP contribution in [0.3, 0.4) is 0 Å². The maximum absolute atomic E-state index is 12.2. The summed E-state index contributed by atoms with van der Waals surface area (Å²) in [5, 5.41) is 0. The fourth-order valence-corrected chi connectivity index (χ4v) is 1.22. The Bertz CT molecular complexity index is 345. The van der Waals surface area contributed by atoms with Gasteiger partial charge < -0.3 is 4.57 Å². The predicted molar refractivity (Wildman–Crippen MR) is 40.2 cm³/mol. The average Bonchev–Trinajstić information content (AvgIpc) is 2.25. The van der Waals surface area contributed by atoms with Gasteiger partial charge in [0.05, 0.1) is 5.56 Å². The van der Waals surface area contributed by atoms with E-state index in [1.165, 1.54) is 0 Å². The molecule has 86 valence electrons. The fraction of sp³-hybridized carbons (Fsp3) is 0.500. The van der Waals surface area contributed by atoms with Crippen molar-refractivity contribution in [3.63, 3.8) is 0 Å². The van der Waals surface area contributed by atoms with Crippen LogP contribution >= 0.6 is 0 Å². The van der Waals surface area contributed by atoms with Crippen LogP contribution in [-0.2, 0) is 12.7 Å². The van der Waals surface area contributed by atoms with Gasteiger partial charge in [0.1, 0.15) is 6.54 Å². The number of alkyl halides is 6. The van der Waals surface area contributed by atoms with Crippen LogP contribution in [0.25, 0.3) is 0 Å². The highest BCUT2D eigenvalue weighted by atomic mass is 19.4. The first-order valence-electron chi connectivity index (χ1n) is 3.90. The third-order valence-electron chi connectivity index (χ3n) is 1.75. The molecule has 1 aromatic rings. The number of rotatable bonds is 1. The second-order valence-corrected chi connectivity index (χ2v) is 3.14. The Kier molecular flexibility index (Phi) is 2.75. The molecule has 0 aliphatic rings. The van der Waals surface area contributed by atoms with Crippen molar-refractivity contribution in [3.05, 3.63) is 23.5 Å². The molecule has 1 heterocycles. The number of hydrogen-bond donors (Lipinski definition) is 0. The summed E-state index contributed by atoms with van der Waals surface area (Å²) >= 11 is 0. The SMILES string of the molecule is Cc1cn(CC(F)(F)F)cc1C(F)(F)F. The lowest BCUT2D eigenvalue weighted by Crippen LogP contribution is -2.16. The highest BCUT2D eigenvalue weighted by Crippen LogP contribution is 2.32.